The highest BCUT2D eigenvalue weighted by molar-refractivity contribution is 7.89. The first-order valence-corrected chi connectivity index (χ1v) is 7.76. The Labute approximate surface area is 109 Å². The average Bonchev–Trinajstić information content (AvgIpc) is 2.68. The van der Waals surface area contributed by atoms with E-state index < -0.39 is 10.0 Å². The van der Waals surface area contributed by atoms with E-state index in [1.807, 2.05) is 24.0 Å². The number of nitrogens with two attached hydrogens (primary N) is 1. The molecule has 0 radical (unpaired) electrons. The maximum absolute atomic E-state index is 10.8. The zero-order valence-electron chi connectivity index (χ0n) is 11.1. The van der Waals surface area contributed by atoms with Gasteiger partial charge in [0.15, 0.2) is 0 Å². The minimum Gasteiger partial charge on any atom is -0.312 e. The molecular formula is C11H22N4O2S. The number of hydrogen-bond acceptors (Lipinski definition) is 4. The van der Waals surface area contributed by atoms with Crippen molar-refractivity contribution < 1.29 is 8.42 Å². The van der Waals surface area contributed by atoms with E-state index in [1.165, 1.54) is 0 Å². The average molecular weight is 274 g/mol. The van der Waals surface area contributed by atoms with Crippen molar-refractivity contribution in [3.8, 4) is 0 Å². The van der Waals surface area contributed by atoms with Crippen molar-refractivity contribution in [1.29, 1.82) is 0 Å². The SMILES string of the molecule is Cc1cnn([C@H](C)[C@@H](C)NCCCS(N)(=O)=O)c1. The molecule has 2 atom stereocenters. The third-order valence-corrected chi connectivity index (χ3v) is 3.80. The summed E-state index contributed by atoms with van der Waals surface area (Å²) >= 11 is 0. The van der Waals surface area contributed by atoms with Crippen LogP contribution in [-0.2, 0) is 10.0 Å². The second-order valence-corrected chi connectivity index (χ2v) is 6.44. The van der Waals surface area contributed by atoms with E-state index in [1.54, 1.807) is 0 Å². The topological polar surface area (TPSA) is 90.0 Å². The van der Waals surface area contributed by atoms with Crippen molar-refractivity contribution in [3.63, 3.8) is 0 Å². The first-order chi connectivity index (χ1) is 8.29. The van der Waals surface area contributed by atoms with Crippen LogP contribution in [0.1, 0.15) is 31.9 Å². The first kappa shape index (κ1) is 15.1. The van der Waals surface area contributed by atoms with Gasteiger partial charge >= 0.3 is 0 Å². The Morgan fingerprint density at radius 1 is 1.50 bits per heavy atom. The Hall–Kier alpha value is -0.920. The summed E-state index contributed by atoms with van der Waals surface area (Å²) in [6.45, 7) is 6.75. The molecule has 0 saturated carbocycles. The van der Waals surface area contributed by atoms with Crippen LogP contribution in [0.3, 0.4) is 0 Å². The molecule has 6 nitrogen and oxygen atoms in total. The van der Waals surface area contributed by atoms with Gasteiger partial charge in [0.1, 0.15) is 0 Å². The highest BCUT2D eigenvalue weighted by Gasteiger charge is 2.14. The molecule has 0 bridgehead atoms. The van der Waals surface area contributed by atoms with Gasteiger partial charge in [-0.2, -0.15) is 5.10 Å². The number of sulfonamides is 1. The van der Waals surface area contributed by atoms with Gasteiger partial charge in [-0.15, -0.1) is 0 Å². The number of aryl methyl sites for hydroxylation is 1. The third kappa shape index (κ3) is 5.16. The van der Waals surface area contributed by atoms with Crippen molar-refractivity contribution >= 4 is 10.0 Å². The van der Waals surface area contributed by atoms with Gasteiger partial charge in [0, 0.05) is 12.2 Å². The minimum absolute atomic E-state index is 0.0159. The molecule has 0 fully saturated rings. The number of rotatable bonds is 7. The number of primary sulfonamides is 1. The molecule has 0 aliphatic heterocycles. The van der Waals surface area contributed by atoms with E-state index >= 15 is 0 Å². The van der Waals surface area contributed by atoms with Gasteiger partial charge in [-0.05, 0) is 39.3 Å². The molecule has 0 aliphatic rings. The summed E-state index contributed by atoms with van der Waals surface area (Å²) in [5.41, 5.74) is 1.13. The summed E-state index contributed by atoms with van der Waals surface area (Å²) in [7, 11) is -3.35. The molecular weight excluding hydrogens is 252 g/mol. The molecule has 1 aromatic heterocycles. The van der Waals surface area contributed by atoms with Crippen LogP contribution in [0.4, 0.5) is 0 Å². The van der Waals surface area contributed by atoms with E-state index in [2.05, 4.69) is 24.3 Å². The molecule has 0 unspecified atom stereocenters. The Morgan fingerprint density at radius 3 is 2.67 bits per heavy atom. The molecule has 1 rings (SSSR count). The zero-order chi connectivity index (χ0) is 13.8. The highest BCUT2D eigenvalue weighted by Crippen LogP contribution is 2.10. The smallest absolute Gasteiger partial charge is 0.209 e. The van der Waals surface area contributed by atoms with E-state index in [9.17, 15) is 8.42 Å². The molecule has 1 aromatic rings. The van der Waals surface area contributed by atoms with Crippen LogP contribution in [0.5, 0.6) is 0 Å². The Balaban J connectivity index is 2.34. The minimum atomic E-state index is -3.35. The predicted octanol–water partition coefficient (Wildman–Crippen LogP) is 0.409. The first-order valence-electron chi connectivity index (χ1n) is 6.04. The van der Waals surface area contributed by atoms with Gasteiger partial charge in [-0.1, -0.05) is 0 Å². The maximum Gasteiger partial charge on any atom is 0.209 e. The van der Waals surface area contributed by atoms with Crippen LogP contribution in [0.2, 0.25) is 0 Å². The van der Waals surface area contributed by atoms with Crippen molar-refractivity contribution in [2.45, 2.75) is 39.3 Å². The van der Waals surface area contributed by atoms with Gasteiger partial charge in [0.05, 0.1) is 18.0 Å². The van der Waals surface area contributed by atoms with Crippen LogP contribution in [0, 0.1) is 6.92 Å². The van der Waals surface area contributed by atoms with E-state index in [4.69, 9.17) is 5.14 Å². The fourth-order valence-corrected chi connectivity index (χ4v) is 2.21. The molecule has 3 N–H and O–H groups in total. The Morgan fingerprint density at radius 2 is 2.17 bits per heavy atom. The largest absolute Gasteiger partial charge is 0.312 e. The van der Waals surface area contributed by atoms with E-state index in [-0.39, 0.29) is 17.8 Å². The molecule has 0 spiro atoms. The summed E-state index contributed by atoms with van der Waals surface area (Å²) in [5.74, 6) is 0.0159. The molecule has 0 aliphatic carbocycles. The lowest BCUT2D eigenvalue weighted by atomic mass is 10.1. The molecule has 18 heavy (non-hydrogen) atoms. The predicted molar refractivity (Wildman–Crippen MR) is 71.7 cm³/mol. The molecule has 1 heterocycles. The lowest BCUT2D eigenvalue weighted by Crippen LogP contribution is -2.35. The molecule has 104 valence electrons. The van der Waals surface area contributed by atoms with E-state index in [0.717, 1.165) is 5.56 Å². The lowest BCUT2D eigenvalue weighted by Gasteiger charge is -2.21. The summed E-state index contributed by atoms with van der Waals surface area (Å²) in [4.78, 5) is 0. The summed E-state index contributed by atoms with van der Waals surface area (Å²) in [5, 5.41) is 12.5. The molecule has 0 aromatic carbocycles. The van der Waals surface area contributed by atoms with Crippen LogP contribution < -0.4 is 10.5 Å². The maximum atomic E-state index is 10.8. The molecule has 0 amide bonds. The van der Waals surface area contributed by atoms with Crippen molar-refractivity contribution in [2.24, 2.45) is 5.14 Å². The Bertz CT molecular complexity index is 469. The van der Waals surface area contributed by atoms with Crippen LogP contribution in [-0.4, -0.2) is 36.5 Å². The normalized spacial score (nSPS) is 15.6. The molecule has 0 saturated heterocycles. The summed E-state index contributed by atoms with van der Waals surface area (Å²) in [6, 6.07) is 0.429. The van der Waals surface area contributed by atoms with Crippen molar-refractivity contribution in [1.82, 2.24) is 15.1 Å². The fourth-order valence-electron chi connectivity index (χ4n) is 1.66. The number of nitrogens with one attached hydrogen (secondary N) is 1. The fraction of sp³-hybridized carbons (Fsp3) is 0.727. The number of aromatic nitrogens is 2. The van der Waals surface area contributed by atoms with Gasteiger partial charge in [0.25, 0.3) is 0 Å². The van der Waals surface area contributed by atoms with Gasteiger partial charge in [0.2, 0.25) is 10.0 Å². The lowest BCUT2D eigenvalue weighted by molar-refractivity contribution is 0.367. The van der Waals surface area contributed by atoms with Crippen LogP contribution in [0.25, 0.3) is 0 Å². The quantitative estimate of drug-likeness (QED) is 0.705. The van der Waals surface area contributed by atoms with Crippen LogP contribution in [0.15, 0.2) is 12.4 Å². The monoisotopic (exact) mass is 274 g/mol. The second-order valence-electron chi connectivity index (χ2n) is 4.70. The van der Waals surface area contributed by atoms with Crippen molar-refractivity contribution in [2.75, 3.05) is 12.3 Å². The number of nitrogens with zero attached hydrogens (tertiary/aromatic N) is 2. The van der Waals surface area contributed by atoms with Gasteiger partial charge in [-0.25, -0.2) is 13.6 Å². The van der Waals surface area contributed by atoms with Crippen molar-refractivity contribution in [3.05, 3.63) is 18.0 Å². The second kappa shape index (κ2) is 6.31. The summed E-state index contributed by atoms with van der Waals surface area (Å²) < 4.78 is 23.4. The Kier molecular flexibility index (Phi) is 5.30. The third-order valence-electron chi connectivity index (χ3n) is 2.94. The van der Waals surface area contributed by atoms with Gasteiger partial charge in [-0.3, -0.25) is 4.68 Å². The van der Waals surface area contributed by atoms with E-state index in [0.29, 0.717) is 13.0 Å². The number of hydrogen-bond donors (Lipinski definition) is 2. The molecule has 7 heteroatoms. The standard InChI is InChI=1S/C11H22N4O2S/c1-9-7-14-15(8-9)11(3)10(2)13-5-4-6-18(12,16)17/h7-8,10-11,13H,4-6H2,1-3H3,(H2,12,16,17)/t10-,11-/m1/s1. The zero-order valence-corrected chi connectivity index (χ0v) is 11.9. The summed E-state index contributed by atoms with van der Waals surface area (Å²) in [6.07, 6.45) is 4.34. The van der Waals surface area contributed by atoms with Crippen LogP contribution >= 0.6 is 0 Å². The highest BCUT2D eigenvalue weighted by atomic mass is 32.2. The van der Waals surface area contributed by atoms with Gasteiger partial charge < -0.3 is 5.32 Å².